The average molecular weight is 216 g/mol. The zero-order chi connectivity index (χ0) is 11.1. The molecule has 0 saturated carbocycles. The maximum atomic E-state index is 11.5. The smallest absolute Gasteiger partial charge is 0.223 e. The maximum absolute atomic E-state index is 11.5. The minimum atomic E-state index is 0.0618. The predicted octanol–water partition coefficient (Wildman–Crippen LogP) is -0.665. The molecule has 88 valence electrons. The Morgan fingerprint density at radius 2 is 2.13 bits per heavy atom. The molecule has 0 aromatic carbocycles. The van der Waals surface area contributed by atoms with Crippen molar-refractivity contribution >= 4 is 5.91 Å². The van der Waals surface area contributed by atoms with Gasteiger partial charge in [0, 0.05) is 26.1 Å². The summed E-state index contributed by atoms with van der Waals surface area (Å²) in [7, 11) is 0. The Labute approximate surface area is 90.2 Å². The highest BCUT2D eigenvalue weighted by atomic mass is 16.5. The molecule has 5 nitrogen and oxygen atoms in total. The van der Waals surface area contributed by atoms with E-state index >= 15 is 0 Å². The van der Waals surface area contributed by atoms with Crippen LogP contribution in [0.3, 0.4) is 0 Å². The van der Waals surface area contributed by atoms with Crippen LogP contribution in [0.2, 0.25) is 0 Å². The van der Waals surface area contributed by atoms with Crippen molar-refractivity contribution in [2.24, 2.45) is 5.73 Å². The molecule has 0 aromatic heterocycles. The molecule has 1 rings (SSSR count). The number of nitrogens with zero attached hydrogens (tertiary/aromatic N) is 1. The number of amides is 1. The van der Waals surface area contributed by atoms with Crippen LogP contribution in [0, 0.1) is 0 Å². The van der Waals surface area contributed by atoms with Crippen LogP contribution >= 0.6 is 0 Å². The van der Waals surface area contributed by atoms with Crippen LogP contribution in [0.15, 0.2) is 0 Å². The van der Waals surface area contributed by atoms with Crippen molar-refractivity contribution in [2.75, 3.05) is 32.8 Å². The van der Waals surface area contributed by atoms with Crippen LogP contribution in [0.4, 0.5) is 0 Å². The van der Waals surface area contributed by atoms with Crippen LogP contribution in [-0.4, -0.2) is 54.9 Å². The molecule has 3 N–H and O–H groups in total. The SMILES string of the molecule is NCCC(=O)N1CCC(OCCO)CC1. The zero-order valence-electron chi connectivity index (χ0n) is 9.02. The Morgan fingerprint density at radius 1 is 1.47 bits per heavy atom. The van der Waals surface area contributed by atoms with Gasteiger partial charge in [-0.05, 0) is 12.8 Å². The molecule has 5 heteroatoms. The normalized spacial score (nSPS) is 18.1. The van der Waals surface area contributed by atoms with Crippen molar-refractivity contribution < 1.29 is 14.6 Å². The van der Waals surface area contributed by atoms with Gasteiger partial charge in [0.2, 0.25) is 5.91 Å². The van der Waals surface area contributed by atoms with Gasteiger partial charge in [0.15, 0.2) is 0 Å². The number of ether oxygens (including phenoxy) is 1. The van der Waals surface area contributed by atoms with Crippen molar-refractivity contribution in [3.05, 3.63) is 0 Å². The molecular formula is C10H20N2O3. The van der Waals surface area contributed by atoms with E-state index in [9.17, 15) is 4.79 Å². The van der Waals surface area contributed by atoms with Crippen LogP contribution < -0.4 is 5.73 Å². The third-order valence-electron chi connectivity index (χ3n) is 2.60. The van der Waals surface area contributed by atoms with Crippen molar-refractivity contribution in [3.8, 4) is 0 Å². The van der Waals surface area contributed by atoms with Crippen LogP contribution in [0.1, 0.15) is 19.3 Å². The van der Waals surface area contributed by atoms with Gasteiger partial charge < -0.3 is 20.5 Å². The fourth-order valence-electron chi connectivity index (χ4n) is 1.77. The van der Waals surface area contributed by atoms with E-state index < -0.39 is 0 Å². The molecule has 0 radical (unpaired) electrons. The summed E-state index contributed by atoms with van der Waals surface area (Å²) in [5.74, 6) is 0.137. The van der Waals surface area contributed by atoms with Crippen molar-refractivity contribution in [1.29, 1.82) is 0 Å². The van der Waals surface area contributed by atoms with Crippen LogP contribution in [-0.2, 0) is 9.53 Å². The fourth-order valence-corrected chi connectivity index (χ4v) is 1.77. The van der Waals surface area contributed by atoms with E-state index in [1.54, 1.807) is 0 Å². The molecule has 0 atom stereocenters. The van der Waals surface area contributed by atoms with Crippen LogP contribution in [0.5, 0.6) is 0 Å². The van der Waals surface area contributed by atoms with E-state index in [1.807, 2.05) is 4.90 Å². The van der Waals surface area contributed by atoms with Gasteiger partial charge in [0.25, 0.3) is 0 Å². The Bertz CT molecular complexity index is 191. The number of nitrogens with two attached hydrogens (primary N) is 1. The maximum Gasteiger partial charge on any atom is 0.223 e. The highest BCUT2D eigenvalue weighted by molar-refractivity contribution is 5.76. The van der Waals surface area contributed by atoms with Gasteiger partial charge in [0.05, 0.1) is 19.3 Å². The number of piperidine rings is 1. The van der Waals surface area contributed by atoms with Gasteiger partial charge >= 0.3 is 0 Å². The van der Waals surface area contributed by atoms with Gasteiger partial charge in [-0.1, -0.05) is 0 Å². The summed E-state index contributed by atoms with van der Waals surface area (Å²) in [6.45, 7) is 2.36. The van der Waals surface area contributed by atoms with Gasteiger partial charge in [-0.15, -0.1) is 0 Å². The molecule has 1 aliphatic rings. The molecule has 0 aromatic rings. The summed E-state index contributed by atoms with van der Waals surface area (Å²) in [4.78, 5) is 13.3. The van der Waals surface area contributed by atoms with E-state index in [4.69, 9.17) is 15.6 Å². The molecule has 1 heterocycles. The second kappa shape index (κ2) is 6.76. The minimum absolute atomic E-state index is 0.0618. The lowest BCUT2D eigenvalue weighted by molar-refractivity contribution is -0.133. The monoisotopic (exact) mass is 216 g/mol. The van der Waals surface area contributed by atoms with Gasteiger partial charge in [-0.25, -0.2) is 0 Å². The number of carbonyl (C=O) groups excluding carboxylic acids is 1. The minimum Gasteiger partial charge on any atom is -0.394 e. The molecule has 0 spiro atoms. The van der Waals surface area contributed by atoms with Crippen LogP contribution in [0.25, 0.3) is 0 Å². The van der Waals surface area contributed by atoms with E-state index in [0.29, 0.717) is 19.6 Å². The quantitative estimate of drug-likeness (QED) is 0.639. The second-order valence-electron chi connectivity index (χ2n) is 3.71. The molecular weight excluding hydrogens is 196 g/mol. The summed E-state index contributed by atoms with van der Waals surface area (Å²) in [5, 5.41) is 8.60. The van der Waals surface area contributed by atoms with Crippen molar-refractivity contribution in [3.63, 3.8) is 0 Å². The lowest BCUT2D eigenvalue weighted by atomic mass is 10.1. The first-order chi connectivity index (χ1) is 7.27. The number of hydrogen-bond donors (Lipinski definition) is 2. The topological polar surface area (TPSA) is 75.8 Å². The summed E-state index contributed by atoms with van der Waals surface area (Å²) < 4.78 is 5.41. The molecule has 0 bridgehead atoms. The number of hydrogen-bond acceptors (Lipinski definition) is 4. The van der Waals surface area contributed by atoms with Gasteiger partial charge in [0.1, 0.15) is 0 Å². The van der Waals surface area contributed by atoms with Crippen molar-refractivity contribution in [1.82, 2.24) is 4.90 Å². The first-order valence-electron chi connectivity index (χ1n) is 5.48. The molecule has 1 saturated heterocycles. The Hall–Kier alpha value is -0.650. The van der Waals surface area contributed by atoms with E-state index in [-0.39, 0.29) is 18.6 Å². The summed E-state index contributed by atoms with van der Waals surface area (Å²) in [5.41, 5.74) is 5.33. The summed E-state index contributed by atoms with van der Waals surface area (Å²) in [6, 6.07) is 0. The largest absolute Gasteiger partial charge is 0.394 e. The van der Waals surface area contributed by atoms with E-state index in [2.05, 4.69) is 0 Å². The van der Waals surface area contributed by atoms with E-state index in [1.165, 1.54) is 0 Å². The Kier molecular flexibility index (Phi) is 5.60. The molecule has 1 amide bonds. The average Bonchev–Trinajstić information content (AvgIpc) is 2.27. The molecule has 0 aliphatic carbocycles. The van der Waals surface area contributed by atoms with E-state index in [0.717, 1.165) is 25.9 Å². The lowest BCUT2D eigenvalue weighted by Crippen LogP contribution is -2.41. The Balaban J connectivity index is 2.20. The highest BCUT2D eigenvalue weighted by Crippen LogP contribution is 2.14. The third kappa shape index (κ3) is 4.15. The number of carbonyl (C=O) groups is 1. The number of likely N-dealkylation sites (tertiary alicyclic amines) is 1. The summed E-state index contributed by atoms with van der Waals surface area (Å²) in [6.07, 6.45) is 2.34. The Morgan fingerprint density at radius 3 is 2.67 bits per heavy atom. The molecule has 1 fully saturated rings. The third-order valence-corrected chi connectivity index (χ3v) is 2.60. The highest BCUT2D eigenvalue weighted by Gasteiger charge is 2.22. The standard InChI is InChI=1S/C10H20N2O3/c11-4-1-10(14)12-5-2-9(3-6-12)15-8-7-13/h9,13H,1-8,11H2. The number of aliphatic hydroxyl groups is 1. The predicted molar refractivity (Wildman–Crippen MR) is 56.3 cm³/mol. The molecule has 1 aliphatic heterocycles. The zero-order valence-corrected chi connectivity index (χ0v) is 9.02. The second-order valence-corrected chi connectivity index (χ2v) is 3.71. The van der Waals surface area contributed by atoms with Crippen molar-refractivity contribution in [2.45, 2.75) is 25.4 Å². The first kappa shape index (κ1) is 12.4. The number of rotatable bonds is 5. The van der Waals surface area contributed by atoms with Gasteiger partial charge in [-0.2, -0.15) is 0 Å². The lowest BCUT2D eigenvalue weighted by Gasteiger charge is -2.31. The molecule has 15 heavy (non-hydrogen) atoms. The summed E-state index contributed by atoms with van der Waals surface area (Å²) >= 11 is 0. The number of aliphatic hydroxyl groups excluding tert-OH is 1. The van der Waals surface area contributed by atoms with Gasteiger partial charge in [-0.3, -0.25) is 4.79 Å². The fraction of sp³-hybridized carbons (Fsp3) is 0.900. The molecule has 0 unspecified atom stereocenters. The first-order valence-corrected chi connectivity index (χ1v) is 5.48.